The summed E-state index contributed by atoms with van der Waals surface area (Å²) < 4.78 is 13.4. The van der Waals surface area contributed by atoms with E-state index >= 15 is 0 Å². The number of para-hydroxylation sites is 1. The number of hydrogen-bond donors (Lipinski definition) is 3. The summed E-state index contributed by atoms with van der Waals surface area (Å²) in [6.45, 7) is 0.684. The van der Waals surface area contributed by atoms with Gasteiger partial charge in [-0.3, -0.25) is 0 Å². The second-order valence-corrected chi connectivity index (χ2v) is 5.05. The Bertz CT molecular complexity index is 809. The number of anilines is 3. The van der Waals surface area contributed by atoms with E-state index in [0.29, 0.717) is 30.4 Å². The van der Waals surface area contributed by atoms with Crippen LogP contribution in [0.15, 0.2) is 48.5 Å². The van der Waals surface area contributed by atoms with Crippen LogP contribution in [0, 0.1) is 5.82 Å². The maximum absolute atomic E-state index is 13.4. The topological polar surface area (TPSA) is 70.1 Å². The van der Waals surface area contributed by atoms with E-state index in [9.17, 15) is 4.39 Å². The van der Waals surface area contributed by atoms with E-state index in [-0.39, 0.29) is 12.4 Å². The van der Waals surface area contributed by atoms with Gasteiger partial charge in [-0.15, -0.1) is 0 Å². The van der Waals surface area contributed by atoms with Crippen LogP contribution < -0.4 is 10.6 Å². The van der Waals surface area contributed by atoms with Gasteiger partial charge in [0.25, 0.3) is 0 Å². The van der Waals surface area contributed by atoms with Gasteiger partial charge < -0.3 is 15.7 Å². The molecule has 1 heterocycles. The number of aliphatic hydroxyl groups excluding tert-OH is 1. The minimum Gasteiger partial charge on any atom is -0.396 e. The Labute approximate surface area is 133 Å². The molecule has 0 atom stereocenters. The van der Waals surface area contributed by atoms with Crippen molar-refractivity contribution in [2.45, 2.75) is 6.42 Å². The van der Waals surface area contributed by atoms with Gasteiger partial charge in [-0.2, -0.15) is 4.98 Å². The van der Waals surface area contributed by atoms with Crippen molar-refractivity contribution in [1.82, 2.24) is 9.97 Å². The fourth-order valence-electron chi connectivity index (χ4n) is 2.23. The van der Waals surface area contributed by atoms with Crippen LogP contribution in [0.2, 0.25) is 0 Å². The number of halogens is 1. The van der Waals surface area contributed by atoms with Crippen molar-refractivity contribution in [2.24, 2.45) is 0 Å². The molecule has 0 aliphatic rings. The Balaban J connectivity index is 1.96. The molecule has 118 valence electrons. The summed E-state index contributed by atoms with van der Waals surface area (Å²) in [5, 5.41) is 15.9. The van der Waals surface area contributed by atoms with Gasteiger partial charge in [-0.25, -0.2) is 9.37 Å². The third kappa shape index (κ3) is 3.73. The van der Waals surface area contributed by atoms with Crippen LogP contribution in [0.1, 0.15) is 6.42 Å². The van der Waals surface area contributed by atoms with Crippen molar-refractivity contribution in [1.29, 1.82) is 0 Å². The van der Waals surface area contributed by atoms with E-state index < -0.39 is 0 Å². The molecule has 2 aromatic carbocycles. The summed E-state index contributed by atoms with van der Waals surface area (Å²) in [6, 6.07) is 13.8. The van der Waals surface area contributed by atoms with Crippen LogP contribution in [0.3, 0.4) is 0 Å². The molecule has 0 radical (unpaired) electrons. The van der Waals surface area contributed by atoms with Crippen molar-refractivity contribution < 1.29 is 9.50 Å². The van der Waals surface area contributed by atoms with Gasteiger partial charge in [-0.1, -0.05) is 18.2 Å². The summed E-state index contributed by atoms with van der Waals surface area (Å²) in [4.78, 5) is 8.91. The molecule has 0 saturated heterocycles. The van der Waals surface area contributed by atoms with Gasteiger partial charge in [0.05, 0.1) is 5.52 Å². The summed E-state index contributed by atoms with van der Waals surface area (Å²) >= 11 is 0. The highest BCUT2D eigenvalue weighted by Crippen LogP contribution is 2.25. The minimum atomic E-state index is -0.311. The van der Waals surface area contributed by atoms with E-state index in [1.807, 2.05) is 24.3 Å². The largest absolute Gasteiger partial charge is 0.396 e. The molecule has 1 aromatic heterocycles. The monoisotopic (exact) mass is 312 g/mol. The SMILES string of the molecule is OCCCNc1nc(Nc2cccc(F)c2)c2ccccc2n1. The number of aliphatic hydroxyl groups is 1. The zero-order chi connectivity index (χ0) is 16.1. The number of nitrogens with zero attached hydrogens (tertiary/aromatic N) is 2. The first kappa shape index (κ1) is 15.2. The molecule has 3 aromatic rings. The molecule has 23 heavy (non-hydrogen) atoms. The molecule has 0 amide bonds. The zero-order valence-corrected chi connectivity index (χ0v) is 12.5. The molecule has 0 aliphatic heterocycles. The standard InChI is InChI=1S/C17H17FN4O/c18-12-5-3-6-13(11-12)20-16-14-7-1-2-8-15(14)21-17(22-16)19-9-4-10-23/h1-3,5-8,11,23H,4,9-10H2,(H2,19,20,21,22). The molecule has 0 unspecified atom stereocenters. The Kier molecular flexibility index (Phi) is 4.63. The quantitative estimate of drug-likeness (QED) is 0.609. The lowest BCUT2D eigenvalue weighted by molar-refractivity contribution is 0.292. The normalized spacial score (nSPS) is 10.7. The number of aromatic nitrogens is 2. The zero-order valence-electron chi connectivity index (χ0n) is 12.5. The number of fused-ring (bicyclic) bond motifs is 1. The summed E-state index contributed by atoms with van der Waals surface area (Å²) in [7, 11) is 0. The van der Waals surface area contributed by atoms with Crippen LogP contribution in [0.5, 0.6) is 0 Å². The Morgan fingerprint density at radius 3 is 2.74 bits per heavy atom. The molecule has 3 rings (SSSR count). The molecule has 0 saturated carbocycles. The smallest absolute Gasteiger partial charge is 0.225 e. The lowest BCUT2D eigenvalue weighted by Gasteiger charge is -2.11. The first-order valence-electron chi connectivity index (χ1n) is 7.40. The number of rotatable bonds is 6. The third-order valence-electron chi connectivity index (χ3n) is 3.31. The molecule has 5 nitrogen and oxygen atoms in total. The number of hydrogen-bond acceptors (Lipinski definition) is 5. The van der Waals surface area contributed by atoms with E-state index in [0.717, 1.165) is 10.9 Å². The fraction of sp³-hybridized carbons (Fsp3) is 0.176. The highest BCUT2D eigenvalue weighted by atomic mass is 19.1. The molecule has 0 spiro atoms. The lowest BCUT2D eigenvalue weighted by atomic mass is 10.2. The first-order valence-corrected chi connectivity index (χ1v) is 7.40. The number of nitrogens with one attached hydrogen (secondary N) is 2. The van der Waals surface area contributed by atoms with Crippen LogP contribution in [0.4, 0.5) is 21.8 Å². The fourth-order valence-corrected chi connectivity index (χ4v) is 2.23. The summed E-state index contributed by atoms with van der Waals surface area (Å²) in [6.07, 6.45) is 0.614. The predicted molar refractivity (Wildman–Crippen MR) is 89.4 cm³/mol. The third-order valence-corrected chi connectivity index (χ3v) is 3.31. The molecule has 0 fully saturated rings. The highest BCUT2D eigenvalue weighted by molar-refractivity contribution is 5.91. The summed E-state index contributed by atoms with van der Waals surface area (Å²) in [5.41, 5.74) is 1.41. The molecule has 0 bridgehead atoms. The van der Waals surface area contributed by atoms with Crippen LogP contribution in [-0.2, 0) is 0 Å². The Hall–Kier alpha value is -2.73. The molecular formula is C17H17FN4O. The second-order valence-electron chi connectivity index (χ2n) is 5.05. The van der Waals surface area contributed by atoms with Gasteiger partial charge in [0.2, 0.25) is 5.95 Å². The molecule has 6 heteroatoms. The highest BCUT2D eigenvalue weighted by Gasteiger charge is 2.08. The van der Waals surface area contributed by atoms with E-state index in [1.54, 1.807) is 12.1 Å². The molecule has 0 aliphatic carbocycles. The van der Waals surface area contributed by atoms with Crippen molar-refractivity contribution in [3.05, 3.63) is 54.3 Å². The minimum absolute atomic E-state index is 0.106. The van der Waals surface area contributed by atoms with Gasteiger partial charge >= 0.3 is 0 Å². The maximum atomic E-state index is 13.4. The van der Waals surface area contributed by atoms with Crippen molar-refractivity contribution in [3.63, 3.8) is 0 Å². The van der Waals surface area contributed by atoms with Crippen molar-refractivity contribution >= 4 is 28.4 Å². The van der Waals surface area contributed by atoms with Gasteiger partial charge in [-0.05, 0) is 36.8 Å². The molecular weight excluding hydrogens is 295 g/mol. The summed E-state index contributed by atoms with van der Waals surface area (Å²) in [5.74, 6) is 0.762. The van der Waals surface area contributed by atoms with Gasteiger partial charge in [0.15, 0.2) is 0 Å². The Morgan fingerprint density at radius 1 is 1.04 bits per heavy atom. The average Bonchev–Trinajstić information content (AvgIpc) is 2.55. The van der Waals surface area contributed by atoms with E-state index in [2.05, 4.69) is 20.6 Å². The predicted octanol–water partition coefficient (Wildman–Crippen LogP) is 3.31. The first-order chi connectivity index (χ1) is 11.3. The van der Waals surface area contributed by atoms with Crippen molar-refractivity contribution in [3.8, 4) is 0 Å². The van der Waals surface area contributed by atoms with Crippen LogP contribution in [-0.4, -0.2) is 28.2 Å². The van der Waals surface area contributed by atoms with Crippen LogP contribution >= 0.6 is 0 Å². The van der Waals surface area contributed by atoms with Gasteiger partial charge in [0.1, 0.15) is 11.6 Å². The van der Waals surface area contributed by atoms with Crippen LogP contribution in [0.25, 0.3) is 10.9 Å². The Morgan fingerprint density at radius 2 is 1.91 bits per heavy atom. The maximum Gasteiger partial charge on any atom is 0.225 e. The molecule has 3 N–H and O–H groups in total. The number of benzene rings is 2. The van der Waals surface area contributed by atoms with E-state index in [4.69, 9.17) is 5.11 Å². The average molecular weight is 312 g/mol. The second kappa shape index (κ2) is 7.02. The van der Waals surface area contributed by atoms with Gasteiger partial charge in [0, 0.05) is 24.2 Å². The van der Waals surface area contributed by atoms with E-state index in [1.165, 1.54) is 12.1 Å². The van der Waals surface area contributed by atoms with Crippen molar-refractivity contribution in [2.75, 3.05) is 23.8 Å². The lowest BCUT2D eigenvalue weighted by Crippen LogP contribution is -2.08.